The number of halogens is 1. The predicted molar refractivity (Wildman–Crippen MR) is 67.2 cm³/mol. The minimum atomic E-state index is 0.530. The largest absolute Gasteiger partial charge is 0.488 e. The first-order chi connectivity index (χ1) is 7.29. The van der Waals surface area contributed by atoms with Gasteiger partial charge in [0.05, 0.1) is 4.47 Å². The van der Waals surface area contributed by atoms with E-state index in [1.807, 2.05) is 12.1 Å². The average molecular weight is 270 g/mol. The van der Waals surface area contributed by atoms with E-state index in [0.717, 1.165) is 28.9 Å². The molecule has 1 rings (SSSR count). The van der Waals surface area contributed by atoms with Crippen LogP contribution in [-0.4, -0.2) is 13.2 Å². The van der Waals surface area contributed by atoms with Crippen LogP contribution in [0.4, 0.5) is 0 Å². The molecular formula is C12H16BrNO. The van der Waals surface area contributed by atoms with Gasteiger partial charge in [-0.1, -0.05) is 31.7 Å². The molecule has 0 saturated carbocycles. The molecular weight excluding hydrogens is 254 g/mol. The third-order valence-electron chi connectivity index (χ3n) is 1.96. The topological polar surface area (TPSA) is 21.3 Å². The van der Waals surface area contributed by atoms with Crippen molar-refractivity contribution in [3.63, 3.8) is 0 Å². The smallest absolute Gasteiger partial charge is 0.138 e. The second kappa shape index (κ2) is 6.64. The highest BCUT2D eigenvalue weighted by Crippen LogP contribution is 2.28. The van der Waals surface area contributed by atoms with Gasteiger partial charge in [-0.3, -0.25) is 0 Å². The quantitative estimate of drug-likeness (QED) is 0.802. The molecule has 82 valence electrons. The molecule has 1 aromatic rings. The van der Waals surface area contributed by atoms with E-state index in [2.05, 4.69) is 40.8 Å². The van der Waals surface area contributed by atoms with E-state index < -0.39 is 0 Å². The third kappa shape index (κ3) is 3.68. The van der Waals surface area contributed by atoms with Crippen LogP contribution in [-0.2, 0) is 6.54 Å². The molecule has 0 radical (unpaired) electrons. The summed E-state index contributed by atoms with van der Waals surface area (Å²) in [6.45, 7) is 8.03. The maximum atomic E-state index is 5.61. The number of hydrogen-bond donors (Lipinski definition) is 1. The van der Waals surface area contributed by atoms with Gasteiger partial charge in [0.25, 0.3) is 0 Å². The van der Waals surface area contributed by atoms with Gasteiger partial charge in [-0.15, -0.1) is 0 Å². The summed E-state index contributed by atoms with van der Waals surface area (Å²) in [6, 6.07) is 6.05. The van der Waals surface area contributed by atoms with Crippen LogP contribution >= 0.6 is 15.9 Å². The molecule has 0 unspecified atom stereocenters. The van der Waals surface area contributed by atoms with Crippen LogP contribution in [0.5, 0.6) is 5.75 Å². The molecule has 0 spiro atoms. The fourth-order valence-electron chi connectivity index (χ4n) is 1.26. The van der Waals surface area contributed by atoms with E-state index in [0.29, 0.717) is 6.61 Å². The van der Waals surface area contributed by atoms with Crippen molar-refractivity contribution in [3.05, 3.63) is 40.9 Å². The number of benzene rings is 1. The highest BCUT2D eigenvalue weighted by atomic mass is 79.9. The van der Waals surface area contributed by atoms with Crippen molar-refractivity contribution in [1.82, 2.24) is 5.32 Å². The minimum absolute atomic E-state index is 0.530. The second-order valence-electron chi connectivity index (χ2n) is 3.11. The lowest BCUT2D eigenvalue weighted by Gasteiger charge is -2.12. The average Bonchev–Trinajstić information content (AvgIpc) is 2.25. The van der Waals surface area contributed by atoms with Crippen molar-refractivity contribution in [2.24, 2.45) is 0 Å². The zero-order valence-electron chi connectivity index (χ0n) is 8.92. The van der Waals surface area contributed by atoms with E-state index in [9.17, 15) is 0 Å². The first-order valence-corrected chi connectivity index (χ1v) is 5.80. The van der Waals surface area contributed by atoms with Crippen LogP contribution in [0.1, 0.15) is 12.5 Å². The molecule has 2 nitrogen and oxygen atoms in total. The van der Waals surface area contributed by atoms with E-state index >= 15 is 0 Å². The number of hydrogen-bond acceptors (Lipinski definition) is 2. The van der Waals surface area contributed by atoms with Gasteiger partial charge in [-0.05, 0) is 28.5 Å². The Labute approximate surface area is 99.5 Å². The summed E-state index contributed by atoms with van der Waals surface area (Å²) >= 11 is 3.48. The molecule has 15 heavy (non-hydrogen) atoms. The lowest BCUT2D eigenvalue weighted by molar-refractivity contribution is 0.355. The summed E-state index contributed by atoms with van der Waals surface area (Å²) < 4.78 is 6.60. The number of para-hydroxylation sites is 1. The lowest BCUT2D eigenvalue weighted by atomic mass is 10.2. The van der Waals surface area contributed by atoms with Gasteiger partial charge in [0, 0.05) is 12.1 Å². The fraction of sp³-hybridized carbons (Fsp3) is 0.333. The summed E-state index contributed by atoms with van der Waals surface area (Å²) in [7, 11) is 0. The SMILES string of the molecule is C=CCOc1c(Br)cccc1CNCC. The van der Waals surface area contributed by atoms with E-state index in [4.69, 9.17) is 4.74 Å². The standard InChI is InChI=1S/C12H16BrNO/c1-3-8-15-12-10(9-14-4-2)6-5-7-11(12)13/h3,5-7,14H,1,4,8-9H2,2H3. The molecule has 0 aliphatic rings. The summed E-state index contributed by atoms with van der Waals surface area (Å²) in [5, 5.41) is 3.28. The number of rotatable bonds is 6. The van der Waals surface area contributed by atoms with Crippen LogP contribution in [0.2, 0.25) is 0 Å². The summed E-state index contributed by atoms with van der Waals surface area (Å²) in [5.41, 5.74) is 1.16. The van der Waals surface area contributed by atoms with Crippen LogP contribution < -0.4 is 10.1 Å². The molecule has 0 aromatic heterocycles. The number of ether oxygens (including phenoxy) is 1. The van der Waals surface area contributed by atoms with Crippen LogP contribution in [0.25, 0.3) is 0 Å². The Bertz CT molecular complexity index is 325. The summed E-state index contributed by atoms with van der Waals surface area (Å²) in [5.74, 6) is 0.901. The zero-order chi connectivity index (χ0) is 11.1. The Kier molecular flexibility index (Phi) is 5.43. The van der Waals surface area contributed by atoms with Gasteiger partial charge in [0.2, 0.25) is 0 Å². The zero-order valence-corrected chi connectivity index (χ0v) is 10.5. The Hall–Kier alpha value is -0.800. The minimum Gasteiger partial charge on any atom is -0.488 e. The van der Waals surface area contributed by atoms with Crippen LogP contribution in [0, 0.1) is 0 Å². The molecule has 3 heteroatoms. The van der Waals surface area contributed by atoms with Crippen molar-refractivity contribution in [3.8, 4) is 5.75 Å². The van der Waals surface area contributed by atoms with E-state index in [1.54, 1.807) is 6.08 Å². The fourth-order valence-corrected chi connectivity index (χ4v) is 1.78. The van der Waals surface area contributed by atoms with Crippen molar-refractivity contribution in [2.75, 3.05) is 13.2 Å². The molecule has 1 N–H and O–H groups in total. The maximum absolute atomic E-state index is 5.61. The normalized spacial score (nSPS) is 10.0. The van der Waals surface area contributed by atoms with E-state index in [1.165, 1.54) is 0 Å². The second-order valence-corrected chi connectivity index (χ2v) is 3.96. The first-order valence-electron chi connectivity index (χ1n) is 5.01. The summed E-state index contributed by atoms with van der Waals surface area (Å²) in [4.78, 5) is 0. The van der Waals surface area contributed by atoms with Gasteiger partial charge in [0.1, 0.15) is 12.4 Å². The maximum Gasteiger partial charge on any atom is 0.138 e. The summed E-state index contributed by atoms with van der Waals surface area (Å²) in [6.07, 6.45) is 1.75. The molecule has 0 saturated heterocycles. The highest BCUT2D eigenvalue weighted by Gasteiger charge is 2.06. The molecule has 0 aliphatic carbocycles. The van der Waals surface area contributed by atoms with E-state index in [-0.39, 0.29) is 0 Å². The van der Waals surface area contributed by atoms with Gasteiger partial charge < -0.3 is 10.1 Å². The number of nitrogens with one attached hydrogen (secondary N) is 1. The predicted octanol–water partition coefficient (Wildman–Crippen LogP) is 3.12. The molecule has 0 aliphatic heterocycles. The van der Waals surface area contributed by atoms with Crippen molar-refractivity contribution in [2.45, 2.75) is 13.5 Å². The molecule has 1 aromatic carbocycles. The molecule has 0 heterocycles. The van der Waals surface area contributed by atoms with Crippen LogP contribution in [0.15, 0.2) is 35.3 Å². The third-order valence-corrected chi connectivity index (χ3v) is 2.58. The molecule has 0 fully saturated rings. The Morgan fingerprint density at radius 1 is 1.53 bits per heavy atom. The Balaban J connectivity index is 2.82. The Morgan fingerprint density at radius 3 is 3.00 bits per heavy atom. The lowest BCUT2D eigenvalue weighted by Crippen LogP contribution is -2.13. The van der Waals surface area contributed by atoms with Gasteiger partial charge >= 0.3 is 0 Å². The van der Waals surface area contributed by atoms with Crippen molar-refractivity contribution >= 4 is 15.9 Å². The molecule has 0 bridgehead atoms. The first kappa shape index (κ1) is 12.3. The van der Waals surface area contributed by atoms with Gasteiger partial charge in [-0.25, -0.2) is 0 Å². The van der Waals surface area contributed by atoms with Crippen LogP contribution in [0.3, 0.4) is 0 Å². The Morgan fingerprint density at radius 2 is 2.33 bits per heavy atom. The van der Waals surface area contributed by atoms with Gasteiger partial charge in [-0.2, -0.15) is 0 Å². The van der Waals surface area contributed by atoms with Gasteiger partial charge in [0.15, 0.2) is 0 Å². The highest BCUT2D eigenvalue weighted by molar-refractivity contribution is 9.10. The molecule has 0 atom stereocenters. The van der Waals surface area contributed by atoms with Crippen molar-refractivity contribution in [1.29, 1.82) is 0 Å². The van der Waals surface area contributed by atoms with Crippen molar-refractivity contribution < 1.29 is 4.74 Å². The monoisotopic (exact) mass is 269 g/mol. The molecule has 0 amide bonds.